The van der Waals surface area contributed by atoms with Crippen molar-refractivity contribution in [2.24, 2.45) is 5.73 Å². The zero-order valence-corrected chi connectivity index (χ0v) is 11.6. The molecule has 0 spiro atoms. The van der Waals surface area contributed by atoms with Gasteiger partial charge in [0.2, 0.25) is 5.91 Å². The highest BCUT2D eigenvalue weighted by molar-refractivity contribution is 5.95. The summed E-state index contributed by atoms with van der Waals surface area (Å²) in [5.41, 5.74) is 8.49. The minimum atomic E-state index is -0.453. The number of rotatable bonds is 6. The van der Waals surface area contributed by atoms with Crippen LogP contribution in [0.25, 0.3) is 11.3 Å². The number of aromatic nitrogens is 2. The molecular weight excluding hydrogens is 252 g/mol. The summed E-state index contributed by atoms with van der Waals surface area (Å²) in [7, 11) is 0. The lowest BCUT2D eigenvalue weighted by atomic mass is 10.1. The summed E-state index contributed by atoms with van der Waals surface area (Å²) in [6.07, 6.45) is 4.41. The summed E-state index contributed by atoms with van der Waals surface area (Å²) in [5, 5.41) is 9.67. The molecule has 2 aromatic rings. The third-order valence-corrected chi connectivity index (χ3v) is 3.15. The lowest BCUT2D eigenvalue weighted by Gasteiger charge is -2.12. The number of carbonyl (C=O) groups is 1. The van der Waals surface area contributed by atoms with Crippen LogP contribution < -0.4 is 11.1 Å². The number of anilines is 1. The van der Waals surface area contributed by atoms with Gasteiger partial charge < -0.3 is 11.1 Å². The molecule has 2 rings (SSSR count). The molecule has 5 nitrogen and oxygen atoms in total. The molecule has 1 aromatic heterocycles. The van der Waals surface area contributed by atoms with Crippen LogP contribution in [0.4, 0.5) is 5.69 Å². The average Bonchev–Trinajstić information content (AvgIpc) is 2.99. The molecule has 1 aromatic carbocycles. The fraction of sp³-hybridized carbons (Fsp3) is 0.333. The molecular formula is C15H20N4O. The number of hydrogen-bond acceptors (Lipinski definition) is 3. The van der Waals surface area contributed by atoms with Crippen LogP contribution in [0.1, 0.15) is 26.2 Å². The van der Waals surface area contributed by atoms with Crippen LogP contribution in [0.2, 0.25) is 0 Å². The number of nitrogens with zero attached hydrogens (tertiary/aromatic N) is 1. The highest BCUT2D eigenvalue weighted by Gasteiger charge is 2.13. The molecule has 0 saturated carbocycles. The molecule has 4 N–H and O–H groups in total. The van der Waals surface area contributed by atoms with Crippen LogP contribution in [0.5, 0.6) is 0 Å². The second kappa shape index (κ2) is 6.86. The zero-order valence-electron chi connectivity index (χ0n) is 11.6. The Labute approximate surface area is 118 Å². The van der Waals surface area contributed by atoms with Crippen LogP contribution in [0.3, 0.4) is 0 Å². The molecule has 1 heterocycles. The molecule has 20 heavy (non-hydrogen) atoms. The molecule has 0 saturated heterocycles. The highest BCUT2D eigenvalue weighted by Crippen LogP contribution is 2.20. The number of amides is 1. The van der Waals surface area contributed by atoms with Crippen LogP contribution in [0.15, 0.2) is 36.5 Å². The number of benzene rings is 1. The molecule has 106 valence electrons. The molecule has 1 amide bonds. The quantitative estimate of drug-likeness (QED) is 0.755. The van der Waals surface area contributed by atoms with Crippen LogP contribution in [-0.2, 0) is 4.79 Å². The molecule has 0 aliphatic carbocycles. The van der Waals surface area contributed by atoms with Crippen molar-refractivity contribution in [3.63, 3.8) is 0 Å². The first-order valence-electron chi connectivity index (χ1n) is 6.87. The molecule has 0 aliphatic rings. The number of hydrogen-bond donors (Lipinski definition) is 3. The Kier molecular flexibility index (Phi) is 4.90. The van der Waals surface area contributed by atoms with E-state index in [1.807, 2.05) is 30.3 Å². The third-order valence-electron chi connectivity index (χ3n) is 3.15. The summed E-state index contributed by atoms with van der Waals surface area (Å²) in [4.78, 5) is 12.0. The van der Waals surface area contributed by atoms with Crippen molar-refractivity contribution in [2.75, 3.05) is 5.32 Å². The van der Waals surface area contributed by atoms with E-state index in [0.717, 1.165) is 29.8 Å². The van der Waals surface area contributed by atoms with Gasteiger partial charge in [-0.25, -0.2) is 0 Å². The van der Waals surface area contributed by atoms with Gasteiger partial charge in [0.1, 0.15) is 0 Å². The minimum absolute atomic E-state index is 0.139. The van der Waals surface area contributed by atoms with Crippen molar-refractivity contribution in [1.29, 1.82) is 0 Å². The van der Waals surface area contributed by atoms with Crippen molar-refractivity contribution in [3.8, 4) is 11.3 Å². The summed E-state index contributed by atoms with van der Waals surface area (Å²) < 4.78 is 0. The Hall–Kier alpha value is -2.14. The SMILES string of the molecule is CCCC[C@H](N)C(=O)Nc1cccc(-c2ccn[nH]2)c1. The van der Waals surface area contributed by atoms with Gasteiger partial charge in [-0.05, 0) is 24.6 Å². The lowest BCUT2D eigenvalue weighted by Crippen LogP contribution is -2.35. The minimum Gasteiger partial charge on any atom is -0.325 e. The van der Waals surface area contributed by atoms with Gasteiger partial charge in [0.25, 0.3) is 0 Å². The summed E-state index contributed by atoms with van der Waals surface area (Å²) in [6, 6.07) is 9.03. The number of H-pyrrole nitrogens is 1. The van der Waals surface area contributed by atoms with Crippen molar-refractivity contribution in [2.45, 2.75) is 32.2 Å². The van der Waals surface area contributed by atoms with Gasteiger partial charge in [-0.15, -0.1) is 0 Å². The summed E-state index contributed by atoms with van der Waals surface area (Å²) in [5.74, 6) is -0.139. The van der Waals surface area contributed by atoms with E-state index in [1.54, 1.807) is 6.20 Å². The van der Waals surface area contributed by atoms with Crippen molar-refractivity contribution < 1.29 is 4.79 Å². The van der Waals surface area contributed by atoms with E-state index in [2.05, 4.69) is 22.4 Å². The number of nitrogens with two attached hydrogens (primary N) is 1. The second-order valence-corrected chi connectivity index (χ2v) is 4.79. The zero-order chi connectivity index (χ0) is 14.4. The lowest BCUT2D eigenvalue weighted by molar-refractivity contribution is -0.117. The normalized spacial score (nSPS) is 12.1. The van der Waals surface area contributed by atoms with E-state index in [1.165, 1.54) is 0 Å². The highest BCUT2D eigenvalue weighted by atomic mass is 16.2. The average molecular weight is 272 g/mol. The van der Waals surface area contributed by atoms with E-state index in [4.69, 9.17) is 5.73 Å². The summed E-state index contributed by atoms with van der Waals surface area (Å²) >= 11 is 0. The van der Waals surface area contributed by atoms with Crippen molar-refractivity contribution in [1.82, 2.24) is 10.2 Å². The number of unbranched alkanes of at least 4 members (excludes halogenated alkanes) is 1. The molecule has 0 radical (unpaired) electrons. The Balaban J connectivity index is 2.03. The first-order valence-corrected chi connectivity index (χ1v) is 6.87. The van der Waals surface area contributed by atoms with Gasteiger partial charge in [-0.1, -0.05) is 31.9 Å². The standard InChI is InChI=1S/C15H20N4O/c1-2-3-7-13(16)15(20)18-12-6-4-5-11(10-12)14-8-9-17-19-14/h4-6,8-10,13H,2-3,7,16H2,1H3,(H,17,19)(H,18,20)/t13-/m0/s1. The van der Waals surface area contributed by atoms with Crippen LogP contribution >= 0.6 is 0 Å². The Morgan fingerprint density at radius 2 is 2.30 bits per heavy atom. The molecule has 0 fully saturated rings. The van der Waals surface area contributed by atoms with E-state index >= 15 is 0 Å². The second-order valence-electron chi connectivity index (χ2n) is 4.79. The Morgan fingerprint density at radius 1 is 1.45 bits per heavy atom. The van der Waals surface area contributed by atoms with Gasteiger partial charge >= 0.3 is 0 Å². The van der Waals surface area contributed by atoms with Gasteiger partial charge in [0, 0.05) is 17.4 Å². The maximum atomic E-state index is 12.0. The molecule has 5 heteroatoms. The smallest absolute Gasteiger partial charge is 0.241 e. The molecule has 0 bridgehead atoms. The molecule has 1 atom stereocenters. The van der Waals surface area contributed by atoms with Crippen molar-refractivity contribution >= 4 is 11.6 Å². The monoisotopic (exact) mass is 272 g/mol. The van der Waals surface area contributed by atoms with Gasteiger partial charge in [-0.2, -0.15) is 5.10 Å². The van der Waals surface area contributed by atoms with Gasteiger partial charge in [0.15, 0.2) is 0 Å². The Bertz CT molecular complexity index is 551. The number of aromatic amines is 1. The number of carbonyl (C=O) groups excluding carboxylic acids is 1. The third kappa shape index (κ3) is 3.68. The van der Waals surface area contributed by atoms with Crippen LogP contribution in [0, 0.1) is 0 Å². The predicted molar refractivity (Wildman–Crippen MR) is 80.2 cm³/mol. The number of nitrogens with one attached hydrogen (secondary N) is 2. The van der Waals surface area contributed by atoms with Gasteiger partial charge in [-0.3, -0.25) is 9.89 Å². The van der Waals surface area contributed by atoms with E-state index in [0.29, 0.717) is 6.42 Å². The largest absolute Gasteiger partial charge is 0.325 e. The molecule has 0 aliphatic heterocycles. The first kappa shape index (κ1) is 14.3. The van der Waals surface area contributed by atoms with Gasteiger partial charge in [0.05, 0.1) is 11.7 Å². The van der Waals surface area contributed by atoms with Crippen molar-refractivity contribution in [3.05, 3.63) is 36.5 Å². The maximum Gasteiger partial charge on any atom is 0.241 e. The fourth-order valence-electron chi connectivity index (χ4n) is 1.97. The van der Waals surface area contributed by atoms with E-state index < -0.39 is 6.04 Å². The fourth-order valence-corrected chi connectivity index (χ4v) is 1.97. The maximum absolute atomic E-state index is 12.0. The van der Waals surface area contributed by atoms with E-state index in [-0.39, 0.29) is 5.91 Å². The Morgan fingerprint density at radius 3 is 3.00 bits per heavy atom. The first-order chi connectivity index (χ1) is 9.70. The molecule has 0 unspecified atom stereocenters. The predicted octanol–water partition coefficient (Wildman–Crippen LogP) is 2.53. The summed E-state index contributed by atoms with van der Waals surface area (Å²) in [6.45, 7) is 2.08. The van der Waals surface area contributed by atoms with Crippen LogP contribution in [-0.4, -0.2) is 22.1 Å². The van der Waals surface area contributed by atoms with E-state index in [9.17, 15) is 4.79 Å². The topological polar surface area (TPSA) is 83.8 Å².